The zero-order valence-corrected chi connectivity index (χ0v) is 20.8. The number of nitrogen functional groups attached to an aromatic ring is 2. The molecule has 3 aliphatic rings. The van der Waals surface area contributed by atoms with Crippen LogP contribution in [0.3, 0.4) is 0 Å². The quantitative estimate of drug-likeness (QED) is 0.483. The summed E-state index contributed by atoms with van der Waals surface area (Å²) in [5.74, 6) is 1.00. The highest BCUT2D eigenvalue weighted by atomic mass is 32.1. The first-order valence-electron chi connectivity index (χ1n) is 12.9. The maximum Gasteiger partial charge on any atom is 0.276 e. The molecule has 36 heavy (non-hydrogen) atoms. The van der Waals surface area contributed by atoms with E-state index in [1.54, 1.807) is 13.3 Å². The van der Waals surface area contributed by atoms with Gasteiger partial charge in [0.15, 0.2) is 16.6 Å². The average Bonchev–Trinajstić information content (AvgIpc) is 3.41. The van der Waals surface area contributed by atoms with E-state index in [1.807, 2.05) is 6.07 Å². The third kappa shape index (κ3) is 3.73. The average molecular weight is 509 g/mol. The SMILES string of the molecule is [2H]C1([2H])CN(C(=O)c2ncc(N3CCC4(CC3)Cc3ccc(OC)cc3[C@H]4N)nc2N)Cc2sc(N)nc21. The van der Waals surface area contributed by atoms with Gasteiger partial charge in [0, 0.05) is 39.7 Å². The maximum atomic E-state index is 13.3. The molecule has 2 aromatic heterocycles. The Morgan fingerprint density at radius 3 is 2.81 bits per heavy atom. The number of amides is 1. The van der Waals surface area contributed by atoms with Gasteiger partial charge in [0.2, 0.25) is 0 Å². The van der Waals surface area contributed by atoms with Gasteiger partial charge in [0.25, 0.3) is 5.91 Å². The number of fused-ring (bicyclic) bond motifs is 2. The van der Waals surface area contributed by atoms with Crippen LogP contribution < -0.4 is 26.8 Å². The van der Waals surface area contributed by atoms with Crippen LogP contribution in [0.2, 0.25) is 0 Å². The van der Waals surface area contributed by atoms with Crippen molar-refractivity contribution >= 4 is 34.0 Å². The number of rotatable bonds is 3. The van der Waals surface area contributed by atoms with Gasteiger partial charge in [0.05, 0.1) is 25.5 Å². The van der Waals surface area contributed by atoms with Gasteiger partial charge in [-0.05, 0) is 47.9 Å². The summed E-state index contributed by atoms with van der Waals surface area (Å²) < 4.78 is 22.1. The fourth-order valence-corrected chi connectivity index (χ4v) is 6.48. The molecule has 3 aromatic rings. The van der Waals surface area contributed by atoms with Crippen LogP contribution in [0.5, 0.6) is 5.75 Å². The van der Waals surface area contributed by atoms with E-state index in [1.165, 1.54) is 27.4 Å². The van der Waals surface area contributed by atoms with Crippen molar-refractivity contribution in [1.82, 2.24) is 19.9 Å². The lowest BCUT2D eigenvalue weighted by Crippen LogP contribution is -2.44. The monoisotopic (exact) mass is 508 g/mol. The van der Waals surface area contributed by atoms with Crippen LogP contribution in [0.15, 0.2) is 24.4 Å². The number of nitrogens with two attached hydrogens (primary N) is 3. The summed E-state index contributed by atoms with van der Waals surface area (Å²) in [5, 5.41) is 0.280. The smallest absolute Gasteiger partial charge is 0.276 e. The Balaban J connectivity index is 1.15. The fourth-order valence-electron chi connectivity index (χ4n) is 5.66. The second kappa shape index (κ2) is 8.59. The summed E-state index contributed by atoms with van der Waals surface area (Å²) >= 11 is 1.18. The van der Waals surface area contributed by atoms with Gasteiger partial charge < -0.3 is 31.7 Å². The first kappa shape index (κ1) is 20.7. The third-order valence-corrected chi connectivity index (χ3v) is 8.61. The number of methoxy groups -OCH3 is 1. The number of thiazole rings is 1. The molecular formula is C25H30N8O2S. The van der Waals surface area contributed by atoms with E-state index in [2.05, 4.69) is 32.0 Å². The highest BCUT2D eigenvalue weighted by Gasteiger charge is 2.46. The number of nitrogens with zero attached hydrogens (tertiary/aromatic N) is 5. The third-order valence-electron chi connectivity index (χ3n) is 7.74. The molecule has 1 saturated heterocycles. The molecule has 10 nitrogen and oxygen atoms in total. The van der Waals surface area contributed by atoms with E-state index in [-0.39, 0.29) is 41.2 Å². The summed E-state index contributed by atoms with van der Waals surface area (Å²) in [7, 11) is 1.67. The van der Waals surface area contributed by atoms with E-state index >= 15 is 0 Å². The molecule has 0 unspecified atom stereocenters. The topological polar surface area (TPSA) is 150 Å². The first-order valence-corrected chi connectivity index (χ1v) is 12.8. The summed E-state index contributed by atoms with van der Waals surface area (Å²) in [4.78, 5) is 30.4. The summed E-state index contributed by atoms with van der Waals surface area (Å²) in [6.45, 7) is 1.55. The van der Waals surface area contributed by atoms with Gasteiger partial charge >= 0.3 is 0 Å². The predicted molar refractivity (Wildman–Crippen MR) is 139 cm³/mol. The number of piperidine rings is 1. The van der Waals surface area contributed by atoms with Gasteiger partial charge in [-0.15, -0.1) is 11.3 Å². The molecule has 1 spiro atoms. The molecule has 1 fully saturated rings. The van der Waals surface area contributed by atoms with Crippen molar-refractivity contribution in [3.05, 3.63) is 51.8 Å². The van der Waals surface area contributed by atoms with E-state index in [0.717, 1.165) is 38.1 Å². The highest BCUT2D eigenvalue weighted by molar-refractivity contribution is 7.15. The lowest BCUT2D eigenvalue weighted by molar-refractivity contribution is 0.0731. The van der Waals surface area contributed by atoms with Crippen LogP contribution in [0.4, 0.5) is 16.8 Å². The number of hydrogen-bond acceptors (Lipinski definition) is 10. The lowest BCUT2D eigenvalue weighted by atomic mass is 9.73. The minimum Gasteiger partial charge on any atom is -0.497 e. The van der Waals surface area contributed by atoms with Crippen LogP contribution in [-0.4, -0.2) is 52.5 Å². The molecule has 11 heteroatoms. The molecule has 1 amide bonds. The lowest BCUT2D eigenvalue weighted by Gasteiger charge is -2.42. The summed E-state index contributed by atoms with van der Waals surface area (Å²) in [6.07, 6.45) is 2.51. The largest absolute Gasteiger partial charge is 0.497 e. The van der Waals surface area contributed by atoms with Crippen molar-refractivity contribution in [2.75, 3.05) is 43.1 Å². The first-order chi connectivity index (χ1) is 18.1. The summed E-state index contributed by atoms with van der Waals surface area (Å²) in [5.41, 5.74) is 21.5. The number of ether oxygens (including phenoxy) is 1. The Hall–Kier alpha value is -3.44. The standard InChI is InChI=1S/C25H30N8O2S/c1-35-15-3-2-14-11-25(21(26)16(14)10-15)5-8-32(9-6-25)19-12-29-20(22(27)31-19)23(34)33-7-4-17-18(13-33)36-24(28)30-17/h2-3,10,12,21H,4-9,11,13,26H2,1H3,(H2,27,31)(H2,28,30)/t21-/m1/s1/i4D2. The second-order valence-electron chi connectivity index (χ2n) is 9.69. The number of benzene rings is 1. The van der Waals surface area contributed by atoms with E-state index in [4.69, 9.17) is 24.7 Å². The van der Waals surface area contributed by atoms with Crippen LogP contribution in [0, 0.1) is 5.41 Å². The van der Waals surface area contributed by atoms with Crippen molar-refractivity contribution in [3.63, 3.8) is 0 Å². The molecule has 1 aromatic carbocycles. The Labute approximate surface area is 216 Å². The van der Waals surface area contributed by atoms with Gasteiger partial charge in [-0.1, -0.05) is 6.07 Å². The molecule has 0 saturated carbocycles. The minimum atomic E-state index is -1.81. The molecule has 0 radical (unpaired) electrons. The fraction of sp³-hybridized carbons (Fsp3) is 0.440. The Morgan fingerprint density at radius 1 is 1.25 bits per heavy atom. The van der Waals surface area contributed by atoms with Crippen LogP contribution >= 0.6 is 11.3 Å². The number of anilines is 3. The van der Waals surface area contributed by atoms with Gasteiger partial charge in [0.1, 0.15) is 11.6 Å². The summed E-state index contributed by atoms with van der Waals surface area (Å²) in [6, 6.07) is 6.12. The number of hydrogen-bond donors (Lipinski definition) is 3. The Bertz CT molecular complexity index is 1420. The molecule has 1 aliphatic carbocycles. The Morgan fingerprint density at radius 2 is 2.06 bits per heavy atom. The van der Waals surface area contributed by atoms with Crippen molar-refractivity contribution in [2.24, 2.45) is 11.1 Å². The Kier molecular flexibility index (Phi) is 4.95. The van der Waals surface area contributed by atoms with Crippen molar-refractivity contribution in [1.29, 1.82) is 0 Å². The molecular weight excluding hydrogens is 476 g/mol. The van der Waals surface area contributed by atoms with Gasteiger partial charge in [-0.2, -0.15) is 0 Å². The van der Waals surface area contributed by atoms with Crippen molar-refractivity contribution in [3.8, 4) is 5.75 Å². The highest BCUT2D eigenvalue weighted by Crippen LogP contribution is 2.51. The van der Waals surface area contributed by atoms with Crippen LogP contribution in [-0.2, 0) is 19.3 Å². The minimum absolute atomic E-state index is 0.00769. The molecule has 1 atom stereocenters. The van der Waals surface area contributed by atoms with Crippen molar-refractivity contribution < 1.29 is 12.3 Å². The molecule has 2 aliphatic heterocycles. The molecule has 188 valence electrons. The zero-order valence-electron chi connectivity index (χ0n) is 22.0. The van der Waals surface area contributed by atoms with Gasteiger partial charge in [-0.3, -0.25) is 4.79 Å². The molecule has 4 heterocycles. The zero-order chi connectivity index (χ0) is 26.8. The van der Waals surface area contributed by atoms with E-state index in [9.17, 15) is 4.79 Å². The number of aromatic nitrogens is 3. The normalized spacial score (nSPS) is 22.6. The molecule has 6 N–H and O–H groups in total. The number of carbonyl (C=O) groups excluding carboxylic acids is 1. The molecule has 0 bridgehead atoms. The van der Waals surface area contributed by atoms with Crippen LogP contribution in [0.25, 0.3) is 0 Å². The predicted octanol–water partition coefficient (Wildman–Crippen LogP) is 2.15. The van der Waals surface area contributed by atoms with Crippen LogP contribution in [0.1, 0.15) is 53.8 Å². The number of carbonyl (C=O) groups is 1. The second-order valence-corrected chi connectivity index (χ2v) is 10.8. The van der Waals surface area contributed by atoms with E-state index in [0.29, 0.717) is 16.4 Å². The maximum absolute atomic E-state index is 13.3. The van der Waals surface area contributed by atoms with Gasteiger partial charge in [-0.25, -0.2) is 15.0 Å². The van der Waals surface area contributed by atoms with E-state index < -0.39 is 12.3 Å². The van der Waals surface area contributed by atoms with Crippen molar-refractivity contribution in [2.45, 2.75) is 38.2 Å². The molecule has 6 rings (SSSR count).